The van der Waals surface area contributed by atoms with Crippen molar-refractivity contribution >= 4 is 11.7 Å². The van der Waals surface area contributed by atoms with Crippen molar-refractivity contribution in [3.63, 3.8) is 0 Å². The van der Waals surface area contributed by atoms with Crippen LogP contribution in [0.5, 0.6) is 5.75 Å². The van der Waals surface area contributed by atoms with Gasteiger partial charge in [-0.15, -0.1) is 0 Å². The number of rotatable bonds is 6. The first-order valence-electron chi connectivity index (χ1n) is 7.77. The molecule has 0 saturated carbocycles. The molecule has 1 aromatic heterocycles. The van der Waals surface area contributed by atoms with Gasteiger partial charge in [-0.1, -0.05) is 6.07 Å². The third-order valence-corrected chi connectivity index (χ3v) is 3.72. The lowest BCUT2D eigenvalue weighted by Crippen LogP contribution is -2.32. The summed E-state index contributed by atoms with van der Waals surface area (Å²) in [6.45, 7) is 2.22. The largest absolute Gasteiger partial charge is 0.490 e. The van der Waals surface area contributed by atoms with Crippen molar-refractivity contribution in [1.82, 2.24) is 9.97 Å². The summed E-state index contributed by atoms with van der Waals surface area (Å²) in [5, 5.41) is 8.47. The molecule has 7 heteroatoms. The Kier molecular flexibility index (Phi) is 4.96. The fourth-order valence-corrected chi connectivity index (χ4v) is 2.60. The Hall–Kier alpha value is -3.01. The highest BCUT2D eigenvalue weighted by Crippen LogP contribution is 2.33. The molecule has 0 bridgehead atoms. The van der Waals surface area contributed by atoms with Gasteiger partial charge in [-0.2, -0.15) is 5.26 Å². The maximum absolute atomic E-state index is 11.8. The van der Waals surface area contributed by atoms with E-state index in [1.54, 1.807) is 12.5 Å². The molecule has 0 spiro atoms. The molecule has 7 nitrogen and oxygen atoms in total. The minimum Gasteiger partial charge on any atom is -0.490 e. The minimum atomic E-state index is -0.331. The highest BCUT2D eigenvalue weighted by Gasteiger charge is 2.19. The molecule has 3 rings (SSSR count). The standard InChI is InChI=1S/C17H18N4O3/c18-4-1-6-24-17(22)9-13-2-3-16-15(8-13)21(5-7-23-16)11-14-10-19-12-20-14/h2-3,8,10,12H,1,5-7,9,11H2,(H,19,20). The average molecular weight is 326 g/mol. The van der Waals surface area contributed by atoms with Crippen molar-refractivity contribution in [3.8, 4) is 11.8 Å². The molecule has 24 heavy (non-hydrogen) atoms. The minimum absolute atomic E-state index is 0.134. The number of hydrogen-bond acceptors (Lipinski definition) is 6. The summed E-state index contributed by atoms with van der Waals surface area (Å²) in [7, 11) is 0. The number of esters is 1. The molecule has 124 valence electrons. The summed E-state index contributed by atoms with van der Waals surface area (Å²) in [6.07, 6.45) is 3.84. The summed E-state index contributed by atoms with van der Waals surface area (Å²) in [6, 6.07) is 7.65. The summed E-state index contributed by atoms with van der Waals surface area (Å²) >= 11 is 0. The Labute approximate surface area is 139 Å². The Bertz CT molecular complexity index is 737. The molecule has 1 N–H and O–H groups in total. The number of H-pyrrole nitrogens is 1. The van der Waals surface area contributed by atoms with E-state index in [1.807, 2.05) is 24.3 Å². The van der Waals surface area contributed by atoms with Gasteiger partial charge in [-0.3, -0.25) is 4.79 Å². The van der Waals surface area contributed by atoms with Crippen molar-refractivity contribution in [2.75, 3.05) is 24.7 Å². The lowest BCUT2D eigenvalue weighted by atomic mass is 10.1. The molecule has 0 saturated heterocycles. The van der Waals surface area contributed by atoms with E-state index >= 15 is 0 Å². The number of anilines is 1. The molecule has 1 aliphatic heterocycles. The van der Waals surface area contributed by atoms with Gasteiger partial charge in [0.2, 0.25) is 0 Å². The molecule has 0 radical (unpaired) electrons. The third-order valence-electron chi connectivity index (χ3n) is 3.72. The van der Waals surface area contributed by atoms with Crippen molar-refractivity contribution in [2.24, 2.45) is 0 Å². The number of aromatic amines is 1. The highest BCUT2D eigenvalue weighted by atomic mass is 16.5. The number of nitrogens with zero attached hydrogens (tertiary/aromatic N) is 3. The zero-order valence-electron chi connectivity index (χ0n) is 13.2. The smallest absolute Gasteiger partial charge is 0.310 e. The van der Waals surface area contributed by atoms with Gasteiger partial charge in [0.25, 0.3) is 0 Å². The number of aromatic nitrogens is 2. The Morgan fingerprint density at radius 1 is 1.50 bits per heavy atom. The predicted octanol–water partition coefficient (Wildman–Crippen LogP) is 1.81. The van der Waals surface area contributed by atoms with Crippen LogP contribution in [0.3, 0.4) is 0 Å². The van der Waals surface area contributed by atoms with Crippen LogP contribution in [0.1, 0.15) is 17.7 Å². The van der Waals surface area contributed by atoms with Crippen LogP contribution in [0.4, 0.5) is 5.69 Å². The molecular formula is C17H18N4O3. The van der Waals surface area contributed by atoms with Crippen LogP contribution in [-0.4, -0.2) is 35.7 Å². The summed E-state index contributed by atoms with van der Waals surface area (Å²) < 4.78 is 10.7. The summed E-state index contributed by atoms with van der Waals surface area (Å²) in [4.78, 5) is 21.1. The van der Waals surface area contributed by atoms with Crippen LogP contribution in [0.15, 0.2) is 30.7 Å². The second kappa shape index (κ2) is 7.51. The average Bonchev–Trinajstić information content (AvgIpc) is 3.09. The van der Waals surface area contributed by atoms with Crippen LogP contribution >= 0.6 is 0 Å². The van der Waals surface area contributed by atoms with E-state index in [0.29, 0.717) is 13.2 Å². The van der Waals surface area contributed by atoms with Gasteiger partial charge in [0.05, 0.1) is 49.7 Å². The Balaban J connectivity index is 1.70. The number of nitrogens with one attached hydrogen (secondary N) is 1. The Morgan fingerprint density at radius 3 is 3.21 bits per heavy atom. The van der Waals surface area contributed by atoms with E-state index < -0.39 is 0 Å². The van der Waals surface area contributed by atoms with E-state index in [9.17, 15) is 4.79 Å². The monoisotopic (exact) mass is 326 g/mol. The topological polar surface area (TPSA) is 91.2 Å². The second-order valence-corrected chi connectivity index (χ2v) is 5.45. The van der Waals surface area contributed by atoms with E-state index in [0.717, 1.165) is 29.2 Å². The summed E-state index contributed by atoms with van der Waals surface area (Å²) in [5.74, 6) is 0.476. The molecule has 2 aromatic rings. The van der Waals surface area contributed by atoms with Crippen LogP contribution < -0.4 is 9.64 Å². The lowest BCUT2D eigenvalue weighted by Gasteiger charge is -2.31. The van der Waals surface area contributed by atoms with E-state index in [2.05, 4.69) is 14.9 Å². The Morgan fingerprint density at radius 2 is 2.42 bits per heavy atom. The highest BCUT2D eigenvalue weighted by molar-refractivity contribution is 5.74. The van der Waals surface area contributed by atoms with Gasteiger partial charge in [0, 0.05) is 6.20 Å². The number of fused-ring (bicyclic) bond motifs is 1. The van der Waals surface area contributed by atoms with Crippen LogP contribution in [0, 0.1) is 11.3 Å². The van der Waals surface area contributed by atoms with E-state index in [-0.39, 0.29) is 25.4 Å². The van der Waals surface area contributed by atoms with Gasteiger partial charge in [-0.05, 0) is 17.7 Å². The number of imidazole rings is 1. The van der Waals surface area contributed by atoms with Crippen LogP contribution in [-0.2, 0) is 22.5 Å². The van der Waals surface area contributed by atoms with Gasteiger partial charge in [0.1, 0.15) is 19.0 Å². The molecule has 1 aliphatic rings. The van der Waals surface area contributed by atoms with Gasteiger partial charge in [0.15, 0.2) is 0 Å². The third kappa shape index (κ3) is 3.84. The van der Waals surface area contributed by atoms with Crippen molar-refractivity contribution in [2.45, 2.75) is 19.4 Å². The lowest BCUT2D eigenvalue weighted by molar-refractivity contribution is -0.142. The maximum Gasteiger partial charge on any atom is 0.310 e. The second-order valence-electron chi connectivity index (χ2n) is 5.45. The fraction of sp³-hybridized carbons (Fsp3) is 0.353. The first-order chi connectivity index (χ1) is 11.8. The van der Waals surface area contributed by atoms with Gasteiger partial charge >= 0.3 is 5.97 Å². The molecule has 1 aromatic carbocycles. The number of hydrogen-bond donors (Lipinski definition) is 1. The number of nitriles is 1. The first kappa shape index (κ1) is 15.9. The first-order valence-corrected chi connectivity index (χ1v) is 7.77. The molecule has 0 unspecified atom stereocenters. The maximum atomic E-state index is 11.8. The number of ether oxygens (including phenoxy) is 2. The van der Waals surface area contributed by atoms with Gasteiger partial charge < -0.3 is 19.4 Å². The van der Waals surface area contributed by atoms with Crippen molar-refractivity contribution in [3.05, 3.63) is 42.0 Å². The molecule has 0 atom stereocenters. The molecule has 0 aliphatic carbocycles. The number of carbonyl (C=O) groups excluding carboxylic acids is 1. The van der Waals surface area contributed by atoms with Crippen LogP contribution in [0.25, 0.3) is 0 Å². The van der Waals surface area contributed by atoms with E-state index in [1.165, 1.54) is 0 Å². The zero-order chi connectivity index (χ0) is 16.8. The van der Waals surface area contributed by atoms with Crippen molar-refractivity contribution in [1.29, 1.82) is 5.26 Å². The predicted molar refractivity (Wildman–Crippen MR) is 86.5 cm³/mol. The van der Waals surface area contributed by atoms with Crippen LogP contribution in [0.2, 0.25) is 0 Å². The number of carbonyl (C=O) groups is 1. The quantitative estimate of drug-likeness (QED) is 0.643. The molecular weight excluding hydrogens is 308 g/mol. The van der Waals surface area contributed by atoms with Crippen molar-refractivity contribution < 1.29 is 14.3 Å². The zero-order valence-corrected chi connectivity index (χ0v) is 13.2. The summed E-state index contributed by atoms with van der Waals surface area (Å²) in [5.41, 5.74) is 2.83. The molecule has 0 fully saturated rings. The van der Waals surface area contributed by atoms with E-state index in [4.69, 9.17) is 14.7 Å². The normalized spacial score (nSPS) is 12.9. The molecule has 0 amide bonds. The fourth-order valence-electron chi connectivity index (χ4n) is 2.60. The number of benzene rings is 1. The SMILES string of the molecule is N#CCCOC(=O)Cc1ccc2c(c1)N(Cc1cnc[nH]1)CCO2. The molecule has 2 heterocycles. The van der Waals surface area contributed by atoms with Gasteiger partial charge in [-0.25, -0.2) is 4.98 Å².